The van der Waals surface area contributed by atoms with Crippen LogP contribution in [-0.2, 0) is 9.59 Å². The third-order valence-corrected chi connectivity index (χ3v) is 4.35. The summed E-state index contributed by atoms with van der Waals surface area (Å²) < 4.78 is 0. The highest BCUT2D eigenvalue weighted by molar-refractivity contribution is 5.83. The van der Waals surface area contributed by atoms with Crippen LogP contribution in [0.25, 0.3) is 0 Å². The molecule has 5 nitrogen and oxygen atoms in total. The molecule has 1 N–H and O–H groups in total. The Labute approximate surface area is 108 Å². The molecule has 0 spiro atoms. The maximum atomic E-state index is 12.1. The van der Waals surface area contributed by atoms with E-state index in [1.807, 2.05) is 9.80 Å². The van der Waals surface area contributed by atoms with Gasteiger partial charge < -0.3 is 14.7 Å². The van der Waals surface area contributed by atoms with E-state index in [0.717, 1.165) is 58.4 Å². The number of quaternary nitrogens is 1. The number of hydrogen-bond acceptors (Lipinski definition) is 2. The second kappa shape index (κ2) is 4.88. The van der Waals surface area contributed by atoms with Gasteiger partial charge in [-0.05, 0) is 25.7 Å². The Bertz CT molecular complexity index is 346. The van der Waals surface area contributed by atoms with Gasteiger partial charge in [0, 0.05) is 26.2 Å². The van der Waals surface area contributed by atoms with Crippen LogP contribution in [0.4, 0.5) is 0 Å². The van der Waals surface area contributed by atoms with Crippen molar-refractivity contribution in [2.75, 3.05) is 39.3 Å². The maximum absolute atomic E-state index is 12.1. The summed E-state index contributed by atoms with van der Waals surface area (Å²) in [5.41, 5.74) is 0. The molecule has 0 aromatic carbocycles. The van der Waals surface area contributed by atoms with Crippen LogP contribution >= 0.6 is 0 Å². The first-order valence-corrected chi connectivity index (χ1v) is 7.17. The molecule has 1 unspecified atom stereocenters. The second-order valence-corrected chi connectivity index (χ2v) is 5.71. The molecule has 3 saturated heterocycles. The molecule has 3 fully saturated rings. The number of carbonyl (C=O) groups excluding carboxylic acids is 2. The molecule has 0 saturated carbocycles. The van der Waals surface area contributed by atoms with Crippen LogP contribution in [0.2, 0.25) is 0 Å². The van der Waals surface area contributed by atoms with Gasteiger partial charge in [-0.25, -0.2) is 0 Å². The average molecular weight is 252 g/mol. The lowest BCUT2D eigenvalue weighted by Gasteiger charge is -2.15. The third-order valence-electron chi connectivity index (χ3n) is 4.35. The van der Waals surface area contributed by atoms with Crippen LogP contribution in [0.1, 0.15) is 25.7 Å². The molecule has 3 heterocycles. The SMILES string of the molecule is O=C(C[NH+]1C[C@@H]1C(=O)N1CCCC1)N1CCCC1. The van der Waals surface area contributed by atoms with Gasteiger partial charge in [0.25, 0.3) is 11.8 Å². The molecule has 0 aromatic heterocycles. The molecule has 100 valence electrons. The van der Waals surface area contributed by atoms with E-state index in [4.69, 9.17) is 0 Å². The van der Waals surface area contributed by atoms with Crippen LogP contribution in [-0.4, -0.2) is 66.9 Å². The Morgan fingerprint density at radius 1 is 0.944 bits per heavy atom. The van der Waals surface area contributed by atoms with Crippen molar-refractivity contribution >= 4 is 11.8 Å². The summed E-state index contributed by atoms with van der Waals surface area (Å²) in [6.07, 6.45) is 4.55. The highest BCUT2D eigenvalue weighted by Gasteiger charge is 2.50. The summed E-state index contributed by atoms with van der Waals surface area (Å²) in [5, 5.41) is 0. The van der Waals surface area contributed by atoms with Crippen molar-refractivity contribution in [1.82, 2.24) is 9.80 Å². The lowest BCUT2D eigenvalue weighted by Crippen LogP contribution is -2.97. The summed E-state index contributed by atoms with van der Waals surface area (Å²) in [6, 6.07) is 0.0784. The lowest BCUT2D eigenvalue weighted by atomic mass is 10.4. The van der Waals surface area contributed by atoms with Crippen molar-refractivity contribution in [2.45, 2.75) is 31.7 Å². The number of amides is 2. The fourth-order valence-corrected chi connectivity index (χ4v) is 3.09. The summed E-state index contributed by atoms with van der Waals surface area (Å²) in [4.78, 5) is 29.2. The largest absolute Gasteiger partial charge is 0.338 e. The molecule has 18 heavy (non-hydrogen) atoms. The average Bonchev–Trinajstić information content (AvgIpc) is 2.87. The lowest BCUT2D eigenvalue weighted by molar-refractivity contribution is -0.759. The van der Waals surface area contributed by atoms with Gasteiger partial charge in [0.2, 0.25) is 6.04 Å². The first-order chi connectivity index (χ1) is 8.75. The minimum Gasteiger partial charge on any atom is -0.338 e. The topological polar surface area (TPSA) is 45.1 Å². The molecule has 0 radical (unpaired) electrons. The van der Waals surface area contributed by atoms with Gasteiger partial charge in [-0.3, -0.25) is 9.59 Å². The van der Waals surface area contributed by atoms with Crippen molar-refractivity contribution in [3.63, 3.8) is 0 Å². The van der Waals surface area contributed by atoms with E-state index >= 15 is 0 Å². The molecule has 0 bridgehead atoms. The number of carbonyl (C=O) groups is 2. The van der Waals surface area contributed by atoms with E-state index in [-0.39, 0.29) is 17.9 Å². The van der Waals surface area contributed by atoms with Gasteiger partial charge in [0.15, 0.2) is 6.54 Å². The Kier molecular flexibility index (Phi) is 3.24. The smallest absolute Gasteiger partial charge is 0.286 e. The second-order valence-electron chi connectivity index (χ2n) is 5.71. The van der Waals surface area contributed by atoms with Crippen molar-refractivity contribution in [3.05, 3.63) is 0 Å². The van der Waals surface area contributed by atoms with Gasteiger partial charge >= 0.3 is 0 Å². The molecule has 3 aliphatic heterocycles. The predicted octanol–water partition coefficient (Wildman–Crippen LogP) is -1.50. The highest BCUT2D eigenvalue weighted by Crippen LogP contribution is 2.10. The number of nitrogens with zero attached hydrogens (tertiary/aromatic N) is 2. The van der Waals surface area contributed by atoms with Crippen molar-refractivity contribution in [2.24, 2.45) is 0 Å². The van der Waals surface area contributed by atoms with Crippen molar-refractivity contribution < 1.29 is 14.5 Å². The summed E-state index contributed by atoms with van der Waals surface area (Å²) in [7, 11) is 0. The van der Waals surface area contributed by atoms with Gasteiger partial charge in [0.05, 0.1) is 0 Å². The number of nitrogens with one attached hydrogen (secondary N) is 1. The van der Waals surface area contributed by atoms with Crippen LogP contribution < -0.4 is 4.90 Å². The quantitative estimate of drug-likeness (QED) is 0.621. The first kappa shape index (κ1) is 12.0. The fourth-order valence-electron chi connectivity index (χ4n) is 3.09. The van der Waals surface area contributed by atoms with Crippen LogP contribution in [0.15, 0.2) is 0 Å². The first-order valence-electron chi connectivity index (χ1n) is 7.17. The summed E-state index contributed by atoms with van der Waals surface area (Å²) in [5.74, 6) is 0.510. The summed E-state index contributed by atoms with van der Waals surface area (Å²) in [6.45, 7) is 5.04. The van der Waals surface area contributed by atoms with Crippen LogP contribution in [0.3, 0.4) is 0 Å². The molecule has 0 aromatic rings. The Hall–Kier alpha value is -1.10. The normalized spacial score (nSPS) is 30.9. The van der Waals surface area contributed by atoms with Gasteiger partial charge in [0.1, 0.15) is 6.54 Å². The fraction of sp³-hybridized carbons (Fsp3) is 0.846. The molecular formula is C13H22N3O2+. The molecule has 3 aliphatic rings. The molecular weight excluding hydrogens is 230 g/mol. The predicted molar refractivity (Wildman–Crippen MR) is 66.1 cm³/mol. The van der Waals surface area contributed by atoms with Gasteiger partial charge in [-0.1, -0.05) is 0 Å². The van der Waals surface area contributed by atoms with E-state index in [1.54, 1.807) is 0 Å². The minimum atomic E-state index is 0.0784. The summed E-state index contributed by atoms with van der Waals surface area (Å²) >= 11 is 0. The van der Waals surface area contributed by atoms with E-state index in [1.165, 1.54) is 4.90 Å². The molecule has 0 aliphatic carbocycles. The zero-order valence-corrected chi connectivity index (χ0v) is 10.9. The van der Waals surface area contributed by atoms with E-state index in [9.17, 15) is 9.59 Å². The Morgan fingerprint density at radius 2 is 1.50 bits per heavy atom. The van der Waals surface area contributed by atoms with E-state index in [0.29, 0.717) is 6.54 Å². The standard InChI is InChI=1S/C13H21N3O2/c17-12(14-5-1-2-6-14)10-16-9-11(16)13(18)15-7-3-4-8-15/h11H,1-10H2/p+1/t11-,16?/m1/s1. The molecule has 2 atom stereocenters. The number of hydrogen-bond donors (Lipinski definition) is 1. The van der Waals surface area contributed by atoms with Crippen molar-refractivity contribution in [1.29, 1.82) is 0 Å². The Balaban J connectivity index is 1.45. The maximum Gasteiger partial charge on any atom is 0.286 e. The van der Waals surface area contributed by atoms with Gasteiger partial charge in [-0.2, -0.15) is 0 Å². The number of rotatable bonds is 3. The molecule has 3 rings (SSSR count). The zero-order chi connectivity index (χ0) is 12.5. The van der Waals surface area contributed by atoms with Crippen molar-refractivity contribution in [3.8, 4) is 0 Å². The Morgan fingerprint density at radius 3 is 2.11 bits per heavy atom. The minimum absolute atomic E-state index is 0.0784. The van der Waals surface area contributed by atoms with E-state index in [2.05, 4.69) is 0 Å². The van der Waals surface area contributed by atoms with E-state index < -0.39 is 0 Å². The zero-order valence-electron chi connectivity index (χ0n) is 10.9. The molecule has 2 amide bonds. The van der Waals surface area contributed by atoms with Crippen LogP contribution in [0.5, 0.6) is 0 Å². The highest BCUT2D eigenvalue weighted by atomic mass is 16.2. The third kappa shape index (κ3) is 2.36. The van der Waals surface area contributed by atoms with Crippen LogP contribution in [0, 0.1) is 0 Å². The van der Waals surface area contributed by atoms with Gasteiger partial charge in [-0.15, -0.1) is 0 Å². The number of likely N-dealkylation sites (tertiary alicyclic amines) is 2. The monoisotopic (exact) mass is 252 g/mol. The molecule has 5 heteroatoms.